The van der Waals surface area contributed by atoms with Crippen LogP contribution in [0, 0.1) is 18.8 Å². The number of nitrogens with zero attached hydrogens (tertiary/aromatic N) is 3. The van der Waals surface area contributed by atoms with Crippen LogP contribution in [0.2, 0.25) is 0 Å². The average molecular weight is 498 g/mol. The fourth-order valence-electron chi connectivity index (χ4n) is 3.10. The van der Waals surface area contributed by atoms with Crippen LogP contribution in [0.3, 0.4) is 0 Å². The molecule has 9 heteroatoms. The summed E-state index contributed by atoms with van der Waals surface area (Å²) < 4.78 is 41.1. The van der Waals surface area contributed by atoms with Gasteiger partial charge < -0.3 is 15.0 Å². The van der Waals surface area contributed by atoms with Gasteiger partial charge in [-0.1, -0.05) is 55.2 Å². The van der Waals surface area contributed by atoms with Crippen LogP contribution in [0.15, 0.2) is 46.7 Å². The molecule has 0 amide bonds. The number of benzene rings is 2. The van der Waals surface area contributed by atoms with Crippen molar-refractivity contribution < 1.29 is 74.2 Å². The normalized spacial score (nSPS) is 11.8. The SMILES string of the molecule is CCCC#Cc1ccc(/C(C)=N/OCc2c(C)cccc2/C(=N\OC)[N-]C)c(C(F)(F)F)c1.[K+]. The predicted octanol–water partition coefficient (Wildman–Crippen LogP) is 3.42. The molecule has 0 aliphatic heterocycles. The Morgan fingerprint density at radius 3 is 2.47 bits per heavy atom. The van der Waals surface area contributed by atoms with Crippen LogP contribution in [0.1, 0.15) is 60.1 Å². The fraction of sp³-hybridized carbons (Fsp3) is 0.360. The molecule has 5 nitrogen and oxygen atoms in total. The van der Waals surface area contributed by atoms with Gasteiger partial charge >= 0.3 is 57.6 Å². The van der Waals surface area contributed by atoms with Gasteiger partial charge in [0.15, 0.2) is 0 Å². The van der Waals surface area contributed by atoms with Gasteiger partial charge in [-0.05, 0) is 49.4 Å². The van der Waals surface area contributed by atoms with Crippen LogP contribution in [-0.4, -0.2) is 25.7 Å². The summed E-state index contributed by atoms with van der Waals surface area (Å²) in [6, 6.07) is 9.53. The van der Waals surface area contributed by atoms with E-state index in [0.717, 1.165) is 23.6 Å². The van der Waals surface area contributed by atoms with Gasteiger partial charge in [-0.2, -0.15) is 13.2 Å². The second-order valence-corrected chi connectivity index (χ2v) is 7.18. The second-order valence-electron chi connectivity index (χ2n) is 7.18. The topological polar surface area (TPSA) is 57.3 Å². The van der Waals surface area contributed by atoms with Gasteiger partial charge in [0.05, 0.1) is 18.4 Å². The maximum absolute atomic E-state index is 13.7. The van der Waals surface area contributed by atoms with E-state index >= 15 is 0 Å². The number of alkyl halides is 3. The van der Waals surface area contributed by atoms with Crippen molar-refractivity contribution in [3.63, 3.8) is 0 Å². The molecule has 176 valence electrons. The molecule has 0 bridgehead atoms. The summed E-state index contributed by atoms with van der Waals surface area (Å²) in [6.45, 7) is 5.35. The minimum atomic E-state index is -4.55. The summed E-state index contributed by atoms with van der Waals surface area (Å²) in [6.07, 6.45) is -3.08. The summed E-state index contributed by atoms with van der Waals surface area (Å²) >= 11 is 0. The Morgan fingerprint density at radius 2 is 1.85 bits per heavy atom. The van der Waals surface area contributed by atoms with Gasteiger partial charge in [0, 0.05) is 23.1 Å². The third-order valence-electron chi connectivity index (χ3n) is 4.77. The Hall–Kier alpha value is -1.83. The number of rotatable bonds is 7. The molecular weight excluding hydrogens is 470 g/mol. The molecule has 0 spiro atoms. The maximum Gasteiger partial charge on any atom is 1.00 e. The van der Waals surface area contributed by atoms with Crippen LogP contribution < -0.4 is 51.4 Å². The molecule has 2 rings (SSSR count). The number of hydrogen-bond acceptors (Lipinski definition) is 4. The van der Waals surface area contributed by atoms with E-state index in [-0.39, 0.29) is 69.3 Å². The van der Waals surface area contributed by atoms with Crippen molar-refractivity contribution in [2.45, 2.75) is 46.4 Å². The molecule has 34 heavy (non-hydrogen) atoms. The molecule has 0 N–H and O–H groups in total. The Balaban J connectivity index is 0.00000578. The Kier molecular flexibility index (Phi) is 12.9. The summed E-state index contributed by atoms with van der Waals surface area (Å²) in [7, 11) is 3.01. The molecule has 2 aromatic carbocycles. The van der Waals surface area contributed by atoms with Gasteiger partial charge in [-0.15, -0.1) is 0 Å². The first kappa shape index (κ1) is 30.2. The van der Waals surface area contributed by atoms with Crippen molar-refractivity contribution >= 4 is 11.5 Å². The number of amidine groups is 1. The zero-order valence-corrected chi connectivity index (χ0v) is 23.5. The van der Waals surface area contributed by atoms with Gasteiger partial charge in [-0.3, -0.25) is 5.16 Å². The van der Waals surface area contributed by atoms with Crippen molar-refractivity contribution in [1.29, 1.82) is 0 Å². The van der Waals surface area contributed by atoms with Crippen LogP contribution in [0.25, 0.3) is 5.32 Å². The van der Waals surface area contributed by atoms with Gasteiger partial charge in [-0.25, -0.2) is 0 Å². The fourth-order valence-corrected chi connectivity index (χ4v) is 3.10. The smallest absolute Gasteiger partial charge is 0.497 e. The first-order valence-corrected chi connectivity index (χ1v) is 10.4. The molecule has 0 saturated carbocycles. The molecule has 0 aliphatic rings. The summed E-state index contributed by atoms with van der Waals surface area (Å²) in [5, 5.41) is 12.0. The van der Waals surface area contributed by atoms with E-state index in [1.54, 1.807) is 13.1 Å². The second kappa shape index (κ2) is 14.5. The van der Waals surface area contributed by atoms with Crippen LogP contribution in [0.4, 0.5) is 13.2 Å². The minimum absolute atomic E-state index is 0. The van der Waals surface area contributed by atoms with Crippen molar-refractivity contribution in [1.82, 2.24) is 0 Å². The van der Waals surface area contributed by atoms with Crippen molar-refractivity contribution in [3.8, 4) is 11.8 Å². The molecule has 2 aromatic rings. The van der Waals surface area contributed by atoms with Crippen LogP contribution in [-0.2, 0) is 22.5 Å². The third kappa shape index (κ3) is 8.43. The Labute approximate surface area is 241 Å². The largest absolute Gasteiger partial charge is 1.00 e. The predicted molar refractivity (Wildman–Crippen MR) is 124 cm³/mol. The molecule has 0 saturated heterocycles. The maximum atomic E-state index is 13.7. The number of aryl methyl sites for hydroxylation is 1. The van der Waals surface area contributed by atoms with Crippen molar-refractivity contribution in [2.24, 2.45) is 10.3 Å². The quantitative estimate of drug-likeness (QED) is 0.194. The summed E-state index contributed by atoms with van der Waals surface area (Å²) in [4.78, 5) is 10.3. The molecule has 0 radical (unpaired) electrons. The number of hydrogen-bond donors (Lipinski definition) is 0. The first-order valence-electron chi connectivity index (χ1n) is 10.4. The van der Waals surface area contributed by atoms with Crippen molar-refractivity contribution in [2.75, 3.05) is 14.2 Å². The van der Waals surface area contributed by atoms with Crippen LogP contribution in [0.5, 0.6) is 0 Å². The molecule has 0 heterocycles. The van der Waals surface area contributed by atoms with E-state index in [1.165, 1.54) is 20.1 Å². The Bertz CT molecular complexity index is 1090. The van der Waals surface area contributed by atoms with Crippen LogP contribution >= 0.6 is 0 Å². The zero-order valence-electron chi connectivity index (χ0n) is 20.4. The van der Waals surface area contributed by atoms with E-state index in [0.29, 0.717) is 23.4 Å². The Morgan fingerprint density at radius 1 is 1.12 bits per heavy atom. The molecule has 0 atom stereocenters. The molecule has 0 fully saturated rings. The van der Waals surface area contributed by atoms with E-state index in [4.69, 9.17) is 9.68 Å². The van der Waals surface area contributed by atoms with Gasteiger partial charge in [0.2, 0.25) is 0 Å². The summed E-state index contributed by atoms with van der Waals surface area (Å²) in [5.41, 5.74) is 1.91. The average Bonchev–Trinajstić information content (AvgIpc) is 2.78. The first-order chi connectivity index (χ1) is 15.7. The van der Waals surface area contributed by atoms with E-state index in [9.17, 15) is 13.2 Å². The number of unbranched alkanes of at least 4 members (excludes halogenated alkanes) is 1. The third-order valence-corrected chi connectivity index (χ3v) is 4.77. The van der Waals surface area contributed by atoms with Crippen molar-refractivity contribution in [3.05, 3.63) is 75.1 Å². The standard InChI is InChI=1S/C25H27F3N3O2.K/c1-6-7-8-11-19-13-14-20(23(15-19)25(26,27)28)18(3)30-33-16-22-17(2)10-9-12-21(22)24(29-4)31-32-5;/h9-10,12-15H,6-7,16H2,1-5H3;/q-1;+1/b30-18+;. The molecule has 0 aliphatic carbocycles. The number of halogens is 3. The number of oxime groups is 2. The monoisotopic (exact) mass is 497 g/mol. The molecule has 0 aromatic heterocycles. The summed E-state index contributed by atoms with van der Waals surface area (Å²) in [5.74, 6) is 6.02. The van der Waals surface area contributed by atoms with Gasteiger partial charge in [0.1, 0.15) is 6.61 Å². The van der Waals surface area contributed by atoms with Gasteiger partial charge in [0.25, 0.3) is 0 Å². The molecule has 0 unspecified atom stereocenters. The van der Waals surface area contributed by atoms with E-state index in [2.05, 4.69) is 27.5 Å². The molecular formula is C25H27F3KN3O2. The zero-order chi connectivity index (χ0) is 24.4. The van der Waals surface area contributed by atoms with E-state index in [1.807, 2.05) is 32.0 Å². The minimum Gasteiger partial charge on any atom is -0.497 e. The van der Waals surface area contributed by atoms with E-state index < -0.39 is 11.7 Å².